The van der Waals surface area contributed by atoms with Gasteiger partial charge in [0.2, 0.25) is 12.2 Å². The van der Waals surface area contributed by atoms with Gasteiger partial charge in [0.1, 0.15) is 0 Å². The molecule has 0 saturated carbocycles. The number of aliphatic carboxylic acids is 1. The quantitative estimate of drug-likeness (QED) is 0.604. The van der Waals surface area contributed by atoms with E-state index in [0.717, 1.165) is 22.6 Å². The summed E-state index contributed by atoms with van der Waals surface area (Å²) in [6.45, 7) is 4.20. The molecular weight excluding hydrogens is 324 g/mol. The van der Waals surface area contributed by atoms with E-state index in [1.54, 1.807) is 0 Å². The van der Waals surface area contributed by atoms with E-state index in [0.29, 0.717) is 0 Å². The molecule has 0 fully saturated rings. The lowest BCUT2D eigenvalue weighted by molar-refractivity contribution is -0.428. The molecule has 3 rings (SSSR count). The summed E-state index contributed by atoms with van der Waals surface area (Å²) in [5.41, 5.74) is 3.86. The molecular formula is C22H23N2O2+. The smallest absolute Gasteiger partial charge is 0.370 e. The highest BCUT2D eigenvalue weighted by atomic mass is 16.4. The Morgan fingerprint density at radius 1 is 1.08 bits per heavy atom. The standard InChI is InChI=1S/C22H22N2O2/c1-22(2)18-12-6-7-13-19(18)24(16-21(25)26)20(22)14-8-9-15-23-17-10-4-3-5-11-17/h3-15H,16H2,1-2H3,(H,25,26)/p+1. The first-order valence-electron chi connectivity index (χ1n) is 8.61. The monoisotopic (exact) mass is 347 g/mol. The van der Waals surface area contributed by atoms with Crippen LogP contribution in [-0.2, 0) is 10.2 Å². The molecule has 1 heterocycles. The van der Waals surface area contributed by atoms with Gasteiger partial charge in [-0.25, -0.2) is 4.79 Å². The van der Waals surface area contributed by atoms with Crippen molar-refractivity contribution in [3.8, 4) is 0 Å². The predicted molar refractivity (Wildman–Crippen MR) is 105 cm³/mol. The van der Waals surface area contributed by atoms with Crippen molar-refractivity contribution >= 4 is 23.1 Å². The lowest BCUT2D eigenvalue weighted by Gasteiger charge is -2.15. The molecule has 132 valence electrons. The van der Waals surface area contributed by atoms with Crippen LogP contribution in [0.5, 0.6) is 0 Å². The minimum Gasteiger partial charge on any atom is -0.477 e. The number of carboxylic acid groups (broad SMARTS) is 1. The van der Waals surface area contributed by atoms with E-state index in [1.165, 1.54) is 0 Å². The van der Waals surface area contributed by atoms with Gasteiger partial charge in [-0.05, 0) is 32.1 Å². The number of hydrogen-bond acceptors (Lipinski definition) is 2. The molecule has 1 aliphatic rings. The average Bonchev–Trinajstić information content (AvgIpc) is 2.83. The fourth-order valence-electron chi connectivity index (χ4n) is 3.33. The number of fused-ring (bicyclic) bond motifs is 1. The Morgan fingerprint density at radius 3 is 2.50 bits per heavy atom. The minimum absolute atomic E-state index is 0.0495. The van der Waals surface area contributed by atoms with Crippen molar-refractivity contribution < 1.29 is 14.5 Å². The first-order valence-corrected chi connectivity index (χ1v) is 8.61. The Hall–Kier alpha value is -3.14. The number of rotatable bonds is 6. The number of benzene rings is 2. The highest BCUT2D eigenvalue weighted by molar-refractivity contribution is 6.03. The summed E-state index contributed by atoms with van der Waals surface area (Å²) in [6, 6.07) is 17.9. The highest BCUT2D eigenvalue weighted by Crippen LogP contribution is 2.39. The molecule has 0 saturated heterocycles. The molecule has 1 aliphatic heterocycles. The summed E-state index contributed by atoms with van der Waals surface area (Å²) in [7, 11) is 0. The van der Waals surface area contributed by atoms with E-state index in [-0.39, 0.29) is 12.0 Å². The third-order valence-electron chi connectivity index (χ3n) is 4.58. The van der Waals surface area contributed by atoms with E-state index in [2.05, 4.69) is 25.2 Å². The summed E-state index contributed by atoms with van der Waals surface area (Å²) in [6.07, 6.45) is 7.71. The molecule has 0 spiro atoms. The van der Waals surface area contributed by atoms with E-state index in [1.807, 2.05) is 77.5 Å². The van der Waals surface area contributed by atoms with Crippen LogP contribution in [0.4, 0.5) is 11.4 Å². The predicted octanol–water partition coefficient (Wildman–Crippen LogP) is 4.33. The fourth-order valence-corrected chi connectivity index (χ4v) is 3.33. The maximum atomic E-state index is 11.4. The van der Waals surface area contributed by atoms with Crippen LogP contribution in [0, 0.1) is 0 Å². The topological polar surface area (TPSA) is 52.3 Å². The maximum absolute atomic E-state index is 11.4. The van der Waals surface area contributed by atoms with Crippen molar-refractivity contribution in [1.82, 2.24) is 0 Å². The first-order chi connectivity index (χ1) is 12.5. The fraction of sp³-hybridized carbons (Fsp3) is 0.182. The molecule has 0 aliphatic carbocycles. The van der Waals surface area contributed by atoms with E-state index < -0.39 is 5.97 Å². The molecule has 4 nitrogen and oxygen atoms in total. The SMILES string of the molecule is CC1(C)C(/C=C/C=C/Nc2ccccc2)=[N+](CC(=O)O)c2ccccc21. The molecule has 0 aromatic heterocycles. The van der Waals surface area contributed by atoms with Gasteiger partial charge in [-0.2, -0.15) is 4.58 Å². The van der Waals surface area contributed by atoms with Crippen LogP contribution in [0.2, 0.25) is 0 Å². The second-order valence-corrected chi connectivity index (χ2v) is 6.74. The van der Waals surface area contributed by atoms with Gasteiger partial charge in [-0.3, -0.25) is 0 Å². The van der Waals surface area contributed by atoms with Gasteiger partial charge in [0.15, 0.2) is 5.71 Å². The van der Waals surface area contributed by atoms with Gasteiger partial charge in [-0.15, -0.1) is 0 Å². The molecule has 26 heavy (non-hydrogen) atoms. The van der Waals surface area contributed by atoms with Crippen molar-refractivity contribution in [3.05, 3.63) is 84.6 Å². The lowest BCUT2D eigenvalue weighted by Crippen LogP contribution is -2.29. The van der Waals surface area contributed by atoms with Crippen LogP contribution in [-0.4, -0.2) is 27.9 Å². The Labute approximate surface area is 153 Å². The van der Waals surface area contributed by atoms with Gasteiger partial charge >= 0.3 is 5.97 Å². The van der Waals surface area contributed by atoms with Crippen LogP contribution in [0.3, 0.4) is 0 Å². The molecule has 0 unspecified atom stereocenters. The maximum Gasteiger partial charge on any atom is 0.370 e. The second-order valence-electron chi connectivity index (χ2n) is 6.74. The van der Waals surface area contributed by atoms with Gasteiger partial charge in [0, 0.05) is 29.6 Å². The van der Waals surface area contributed by atoms with Crippen LogP contribution >= 0.6 is 0 Å². The van der Waals surface area contributed by atoms with Gasteiger partial charge in [-0.1, -0.05) is 42.5 Å². The van der Waals surface area contributed by atoms with Gasteiger partial charge in [0.25, 0.3) is 0 Å². The Bertz CT molecular complexity index is 893. The zero-order chi connectivity index (χ0) is 18.6. The summed E-state index contributed by atoms with van der Waals surface area (Å²) < 4.78 is 1.88. The largest absolute Gasteiger partial charge is 0.477 e. The summed E-state index contributed by atoms with van der Waals surface area (Å²) >= 11 is 0. The Kier molecular flexibility index (Phi) is 5.03. The lowest BCUT2D eigenvalue weighted by atomic mass is 9.81. The summed E-state index contributed by atoms with van der Waals surface area (Å²) in [5, 5.41) is 12.5. The molecule has 0 amide bonds. The van der Waals surface area contributed by atoms with Crippen molar-refractivity contribution in [2.45, 2.75) is 19.3 Å². The van der Waals surface area contributed by atoms with Crippen molar-refractivity contribution in [3.63, 3.8) is 0 Å². The molecule has 4 heteroatoms. The number of nitrogens with zero attached hydrogens (tertiary/aromatic N) is 1. The molecule has 2 N–H and O–H groups in total. The van der Waals surface area contributed by atoms with E-state index in [4.69, 9.17) is 0 Å². The van der Waals surface area contributed by atoms with Crippen LogP contribution in [0.25, 0.3) is 0 Å². The van der Waals surface area contributed by atoms with Crippen molar-refractivity contribution in [2.24, 2.45) is 0 Å². The minimum atomic E-state index is -0.843. The third kappa shape index (κ3) is 3.59. The molecule has 0 atom stereocenters. The third-order valence-corrected chi connectivity index (χ3v) is 4.58. The zero-order valence-corrected chi connectivity index (χ0v) is 15.0. The van der Waals surface area contributed by atoms with E-state index in [9.17, 15) is 9.90 Å². The Balaban J connectivity index is 1.84. The van der Waals surface area contributed by atoms with Crippen LogP contribution in [0.1, 0.15) is 19.4 Å². The number of hydrogen-bond donors (Lipinski definition) is 2. The van der Waals surface area contributed by atoms with Crippen LogP contribution < -0.4 is 5.32 Å². The second kappa shape index (κ2) is 7.40. The Morgan fingerprint density at radius 2 is 1.77 bits per heavy atom. The van der Waals surface area contributed by atoms with Crippen molar-refractivity contribution in [1.29, 1.82) is 0 Å². The number of para-hydroxylation sites is 2. The first kappa shape index (κ1) is 17.7. The number of nitrogens with one attached hydrogen (secondary N) is 1. The number of carboxylic acids is 1. The summed E-state index contributed by atoms with van der Waals surface area (Å²) in [4.78, 5) is 11.4. The zero-order valence-electron chi connectivity index (χ0n) is 15.0. The number of allylic oxidation sites excluding steroid dienone is 3. The average molecular weight is 347 g/mol. The molecule has 0 bridgehead atoms. The molecule has 2 aromatic rings. The highest BCUT2D eigenvalue weighted by Gasteiger charge is 2.44. The normalized spacial score (nSPS) is 15.6. The van der Waals surface area contributed by atoms with Crippen LogP contribution in [0.15, 0.2) is 79.0 Å². The molecule has 0 radical (unpaired) electrons. The van der Waals surface area contributed by atoms with Gasteiger partial charge < -0.3 is 10.4 Å². The number of anilines is 1. The van der Waals surface area contributed by atoms with E-state index >= 15 is 0 Å². The summed E-state index contributed by atoms with van der Waals surface area (Å²) in [5.74, 6) is -0.843. The number of carbonyl (C=O) groups is 1. The van der Waals surface area contributed by atoms with Gasteiger partial charge in [0.05, 0.1) is 5.41 Å². The van der Waals surface area contributed by atoms with Crippen molar-refractivity contribution in [2.75, 3.05) is 11.9 Å². The molecule has 2 aromatic carbocycles.